The van der Waals surface area contributed by atoms with Crippen LogP contribution in [0, 0.1) is 51.4 Å². The first kappa shape index (κ1) is 41.9. The molecule has 5 heterocycles. The maximum atomic E-state index is 14.1. The largest absolute Gasteiger partial charge is 0.340 e. The van der Waals surface area contributed by atoms with Crippen LogP contribution >= 0.6 is 0 Å². The zero-order valence-corrected chi connectivity index (χ0v) is 35.8. The van der Waals surface area contributed by atoms with E-state index in [4.69, 9.17) is 19.9 Å². The molecule has 0 fully saturated rings. The Labute approximate surface area is 329 Å². The van der Waals surface area contributed by atoms with Crippen molar-refractivity contribution in [3.05, 3.63) is 68.8 Å². The van der Waals surface area contributed by atoms with Crippen LogP contribution in [0.25, 0.3) is 0 Å². The zero-order chi connectivity index (χ0) is 41.8. The highest BCUT2D eigenvalue weighted by molar-refractivity contribution is 5.96. The van der Waals surface area contributed by atoms with Gasteiger partial charge in [0.15, 0.2) is 0 Å². The van der Waals surface area contributed by atoms with Crippen molar-refractivity contribution in [1.29, 1.82) is 0 Å². The summed E-state index contributed by atoms with van der Waals surface area (Å²) in [6.45, 7) is 23.1. The van der Waals surface area contributed by atoms with Crippen LogP contribution in [-0.4, -0.2) is 61.8 Å². The van der Waals surface area contributed by atoms with Gasteiger partial charge in [0.25, 0.3) is 23.6 Å². The Hall–Kier alpha value is -5.28. The van der Waals surface area contributed by atoms with Crippen LogP contribution in [0.4, 0.5) is 0 Å². The number of hydrogen-bond acceptors (Lipinski definition) is 8. The van der Waals surface area contributed by atoms with Gasteiger partial charge in [0.1, 0.15) is 46.1 Å². The molecule has 0 unspecified atom stereocenters. The van der Waals surface area contributed by atoms with Gasteiger partial charge in [-0.05, 0) is 51.4 Å². The zero-order valence-electron chi connectivity index (χ0n) is 35.8. The molecule has 4 N–H and O–H groups in total. The van der Waals surface area contributed by atoms with Crippen molar-refractivity contribution >= 4 is 23.6 Å². The fourth-order valence-corrected chi connectivity index (χ4v) is 7.33. The predicted octanol–water partition coefficient (Wildman–Crippen LogP) is 4.68. The van der Waals surface area contributed by atoms with Crippen LogP contribution in [0.1, 0.15) is 168 Å². The molecule has 0 radical (unpaired) electrons. The summed E-state index contributed by atoms with van der Waals surface area (Å²) in [5, 5.41) is 12.6. The highest BCUT2D eigenvalue weighted by Crippen LogP contribution is 2.30. The highest BCUT2D eigenvalue weighted by Gasteiger charge is 2.35. The number of hydrogen-bond donors (Lipinski definition) is 4. The number of nitrogens with one attached hydrogen (secondary N) is 4. The van der Waals surface area contributed by atoms with E-state index in [0.29, 0.717) is 46.1 Å². The number of imidazole rings is 4. The van der Waals surface area contributed by atoms with Crippen LogP contribution in [-0.2, 0) is 28.2 Å². The summed E-state index contributed by atoms with van der Waals surface area (Å²) in [6, 6.07) is -2.28. The van der Waals surface area contributed by atoms with Crippen molar-refractivity contribution in [3.63, 3.8) is 0 Å². The average molecular weight is 773 g/mol. The van der Waals surface area contributed by atoms with Gasteiger partial charge in [0.05, 0.1) is 24.2 Å². The molecule has 0 spiro atoms. The van der Waals surface area contributed by atoms with Crippen molar-refractivity contribution in [2.45, 2.75) is 107 Å². The molecule has 16 nitrogen and oxygen atoms in total. The first-order valence-electron chi connectivity index (χ1n) is 19.4. The van der Waals surface area contributed by atoms with Crippen LogP contribution in [0.2, 0.25) is 0 Å². The molecule has 56 heavy (non-hydrogen) atoms. The summed E-state index contributed by atoms with van der Waals surface area (Å²) < 4.78 is 7.32. The molecule has 304 valence electrons. The van der Waals surface area contributed by atoms with Gasteiger partial charge in [-0.2, -0.15) is 0 Å². The molecular weight excluding hydrogens is 713 g/mol. The topological polar surface area (TPSA) is 188 Å². The van der Waals surface area contributed by atoms with Gasteiger partial charge in [0.2, 0.25) is 0 Å². The van der Waals surface area contributed by atoms with Crippen molar-refractivity contribution in [3.8, 4) is 0 Å². The summed E-state index contributed by atoms with van der Waals surface area (Å²) in [4.78, 5) is 75.8. The Morgan fingerprint density at radius 1 is 0.375 bits per heavy atom. The van der Waals surface area contributed by atoms with Gasteiger partial charge >= 0.3 is 0 Å². The Kier molecular flexibility index (Phi) is 11.7. The van der Waals surface area contributed by atoms with E-state index in [2.05, 4.69) is 21.3 Å². The lowest BCUT2D eigenvalue weighted by Gasteiger charge is -2.22. The van der Waals surface area contributed by atoms with E-state index in [1.165, 1.54) is 0 Å². The fraction of sp³-hybridized carbons (Fsp3) is 0.600. The fourth-order valence-electron chi connectivity index (χ4n) is 7.33. The molecule has 8 bridgehead atoms. The average Bonchev–Trinajstić information content (AvgIpc) is 3.80. The molecule has 0 saturated heterocycles. The molecule has 4 atom stereocenters. The van der Waals surface area contributed by atoms with Crippen LogP contribution < -0.4 is 21.3 Å². The first-order chi connectivity index (χ1) is 26.1. The summed E-state index contributed by atoms with van der Waals surface area (Å²) in [5.41, 5.74) is 3.40. The third-order valence-electron chi connectivity index (χ3n) is 11.4. The van der Waals surface area contributed by atoms with Crippen molar-refractivity contribution in [2.75, 3.05) is 0 Å². The lowest BCUT2D eigenvalue weighted by molar-refractivity contribution is 0.0909. The van der Waals surface area contributed by atoms with Crippen LogP contribution in [0.15, 0.2) is 0 Å². The van der Waals surface area contributed by atoms with E-state index in [1.807, 2.05) is 130 Å². The number of fused-ring (bicyclic) bond motifs is 8. The second-order valence-electron chi connectivity index (χ2n) is 16.6. The number of nitrogens with zero attached hydrogens (tertiary/aromatic N) is 8. The molecular formula is C40H60N12O4. The quantitative estimate of drug-likeness (QED) is 0.230. The number of carbonyl (C=O) groups excluding carboxylic acids is 4. The SMILES string of the molecule is Cc1c2nc(n1C)[C@H](C(C)C)NC(=O)c1nc(n(C)c1C)[C@H](C(C)C)NC(=O)c1nc(n(C)c1C)[C@H](C(C)C)NC(=O)c1nc(n(C)c1C)[C@H](C(C)C)NC2=O. The van der Waals surface area contributed by atoms with Crippen LogP contribution in [0.5, 0.6) is 0 Å². The summed E-state index contributed by atoms with van der Waals surface area (Å²) in [6.07, 6.45) is 0. The number of rotatable bonds is 4. The molecule has 4 aromatic heterocycles. The highest BCUT2D eigenvalue weighted by atomic mass is 16.2. The minimum atomic E-state index is -0.570. The lowest BCUT2D eigenvalue weighted by atomic mass is 10.0. The Morgan fingerprint density at radius 2 is 0.536 bits per heavy atom. The third-order valence-corrected chi connectivity index (χ3v) is 11.4. The standard InChI is InChI=1S/C40H60N12O4/c1-17(2)25-33-41-30(21(9)49(33)13)38(54)46-27(19(5)6)35-43-32(23(11)51(35)15)40(56)48-28(20(7)8)36-44-31(24(12)52(36)16)39(55)47-26(18(3)4)34-42-29(37(53)45-25)22(10)50(34)14/h17-20,25-28H,1-16H3,(H,45,53)(H,46,54)(H,47,55)(H,48,56)/t25-,26-,27-,28-/m0/s1. The molecule has 0 aliphatic carbocycles. The molecule has 5 rings (SSSR count). The Bertz CT molecular complexity index is 1870. The maximum Gasteiger partial charge on any atom is 0.272 e. The van der Waals surface area contributed by atoms with Gasteiger partial charge < -0.3 is 39.5 Å². The Morgan fingerprint density at radius 3 is 0.679 bits per heavy atom. The molecule has 4 amide bonds. The number of carbonyl (C=O) groups is 4. The van der Waals surface area contributed by atoms with E-state index in [1.54, 1.807) is 0 Å². The minimum Gasteiger partial charge on any atom is -0.340 e. The molecule has 0 aromatic carbocycles. The van der Waals surface area contributed by atoms with Gasteiger partial charge in [-0.3, -0.25) is 19.2 Å². The van der Waals surface area contributed by atoms with E-state index in [0.717, 1.165) is 0 Å². The van der Waals surface area contributed by atoms with Crippen molar-refractivity contribution in [2.24, 2.45) is 51.9 Å². The number of aromatic nitrogens is 8. The second kappa shape index (κ2) is 15.7. The van der Waals surface area contributed by atoms with Gasteiger partial charge in [-0.15, -0.1) is 0 Å². The van der Waals surface area contributed by atoms with Crippen LogP contribution in [0.3, 0.4) is 0 Å². The smallest absolute Gasteiger partial charge is 0.272 e. The van der Waals surface area contributed by atoms with Crippen molar-refractivity contribution < 1.29 is 19.2 Å². The molecule has 4 aromatic rings. The summed E-state index contributed by atoms with van der Waals surface area (Å²) in [7, 11) is 7.30. The van der Waals surface area contributed by atoms with Gasteiger partial charge in [0, 0.05) is 51.0 Å². The van der Waals surface area contributed by atoms with E-state index < -0.39 is 47.8 Å². The third kappa shape index (κ3) is 7.37. The molecule has 16 heteroatoms. The normalized spacial score (nSPS) is 20.1. The summed E-state index contributed by atoms with van der Waals surface area (Å²) >= 11 is 0. The van der Waals surface area contributed by atoms with E-state index in [9.17, 15) is 19.2 Å². The second-order valence-corrected chi connectivity index (χ2v) is 16.6. The molecule has 0 saturated carbocycles. The Balaban J connectivity index is 1.70. The van der Waals surface area contributed by atoms with Crippen molar-refractivity contribution in [1.82, 2.24) is 59.5 Å². The number of amides is 4. The predicted molar refractivity (Wildman–Crippen MR) is 212 cm³/mol. The first-order valence-corrected chi connectivity index (χ1v) is 19.4. The van der Waals surface area contributed by atoms with Gasteiger partial charge in [-0.25, -0.2) is 19.9 Å². The monoisotopic (exact) mass is 772 g/mol. The van der Waals surface area contributed by atoms with E-state index in [-0.39, 0.29) is 46.4 Å². The van der Waals surface area contributed by atoms with Gasteiger partial charge in [-0.1, -0.05) is 55.4 Å². The maximum absolute atomic E-state index is 14.1. The lowest BCUT2D eigenvalue weighted by Crippen LogP contribution is -2.35. The molecule has 1 aliphatic rings. The molecule has 1 aliphatic heterocycles. The summed E-state index contributed by atoms with van der Waals surface area (Å²) in [5.74, 6) is 0.0575. The minimum absolute atomic E-state index is 0.106. The van der Waals surface area contributed by atoms with E-state index >= 15 is 0 Å².